The Balaban J connectivity index is 1.22. The lowest BCUT2D eigenvalue weighted by Crippen LogP contribution is -2.68. The van der Waals surface area contributed by atoms with Gasteiger partial charge in [0, 0.05) is 47.6 Å². The first-order chi connectivity index (χ1) is 17.8. The van der Waals surface area contributed by atoms with Crippen LogP contribution in [0.2, 0.25) is 0 Å². The summed E-state index contributed by atoms with van der Waals surface area (Å²) in [6.07, 6.45) is 9.66. The lowest BCUT2D eigenvalue weighted by Gasteiger charge is -2.58. The van der Waals surface area contributed by atoms with Crippen LogP contribution in [0, 0.1) is 25.1 Å². The lowest BCUT2D eigenvalue weighted by atomic mass is 9.74. The number of nitrogens with one attached hydrogen (secondary N) is 1. The van der Waals surface area contributed by atoms with Gasteiger partial charge in [-0.05, 0) is 62.1 Å². The third-order valence-corrected chi connectivity index (χ3v) is 9.31. The van der Waals surface area contributed by atoms with E-state index in [1.165, 1.54) is 13.1 Å². The average Bonchev–Trinajstić information content (AvgIpc) is 3.46. The molecule has 1 spiro atoms. The maximum Gasteiger partial charge on any atom is 0.158 e. The molecular weight excluding hydrogens is 467 g/mol. The summed E-state index contributed by atoms with van der Waals surface area (Å²) in [5.74, 6) is 0.180. The van der Waals surface area contributed by atoms with Gasteiger partial charge in [0.25, 0.3) is 0 Å². The molecule has 0 amide bonds. The smallest absolute Gasteiger partial charge is 0.158 e. The third-order valence-electron chi connectivity index (χ3n) is 9.31. The second kappa shape index (κ2) is 8.33. The van der Waals surface area contributed by atoms with Crippen molar-refractivity contribution in [2.45, 2.75) is 71.3 Å². The number of hydrogen-bond donors (Lipinski definition) is 1. The first-order valence-electron chi connectivity index (χ1n) is 13.7. The van der Waals surface area contributed by atoms with Gasteiger partial charge < -0.3 is 9.72 Å². The molecule has 194 valence electrons. The van der Waals surface area contributed by atoms with Crippen LogP contribution in [0.4, 0.5) is 4.39 Å². The van der Waals surface area contributed by atoms with Crippen LogP contribution in [0.5, 0.6) is 0 Å². The Hall–Kier alpha value is -2.84. The molecule has 1 aliphatic carbocycles. The van der Waals surface area contributed by atoms with Crippen molar-refractivity contribution in [1.29, 1.82) is 0 Å². The molecule has 3 fully saturated rings. The maximum absolute atomic E-state index is 16.3. The number of likely N-dealkylation sites (tertiary alicyclic amines) is 1. The fourth-order valence-corrected chi connectivity index (χ4v) is 7.08. The number of aromatic nitrogens is 5. The predicted octanol–water partition coefficient (Wildman–Crippen LogP) is 5.51. The highest BCUT2D eigenvalue weighted by Gasteiger charge is 2.51. The van der Waals surface area contributed by atoms with Crippen molar-refractivity contribution < 1.29 is 9.13 Å². The number of ether oxygens (including phenoxy) is 1. The molecule has 3 aliphatic rings. The van der Waals surface area contributed by atoms with Gasteiger partial charge in [0.2, 0.25) is 0 Å². The summed E-state index contributed by atoms with van der Waals surface area (Å²) >= 11 is 0. The number of H-pyrrole nitrogens is 1. The van der Waals surface area contributed by atoms with E-state index in [1.54, 1.807) is 6.33 Å². The van der Waals surface area contributed by atoms with Crippen LogP contribution in [0.1, 0.15) is 73.8 Å². The van der Waals surface area contributed by atoms with Crippen molar-refractivity contribution in [2.75, 3.05) is 26.3 Å². The van der Waals surface area contributed by atoms with E-state index in [9.17, 15) is 0 Å². The van der Waals surface area contributed by atoms with Gasteiger partial charge in [-0.1, -0.05) is 13.8 Å². The quantitative estimate of drug-likeness (QED) is 0.398. The summed E-state index contributed by atoms with van der Waals surface area (Å²) in [7, 11) is 0. The number of fused-ring (bicyclic) bond motifs is 2. The highest BCUT2D eigenvalue weighted by atomic mass is 19.1. The van der Waals surface area contributed by atoms with Crippen molar-refractivity contribution in [2.24, 2.45) is 5.41 Å². The number of aryl methyl sites for hydroxylation is 1. The molecule has 37 heavy (non-hydrogen) atoms. The van der Waals surface area contributed by atoms with Gasteiger partial charge in [-0.25, -0.2) is 13.9 Å². The highest BCUT2D eigenvalue weighted by Crippen LogP contribution is 2.45. The molecule has 8 heteroatoms. The van der Waals surface area contributed by atoms with Crippen LogP contribution >= 0.6 is 0 Å². The molecule has 0 aromatic carbocycles. The molecular formula is C29H35FN6O. The van der Waals surface area contributed by atoms with E-state index in [0.29, 0.717) is 22.5 Å². The van der Waals surface area contributed by atoms with Crippen LogP contribution in [0.3, 0.4) is 0 Å². The maximum atomic E-state index is 16.3. The van der Waals surface area contributed by atoms with Gasteiger partial charge in [-0.15, -0.1) is 0 Å². The number of hydrogen-bond acceptors (Lipinski definition) is 5. The Morgan fingerprint density at radius 1 is 1.08 bits per heavy atom. The third kappa shape index (κ3) is 3.48. The van der Waals surface area contributed by atoms with Gasteiger partial charge in [0.05, 0.1) is 36.3 Å². The summed E-state index contributed by atoms with van der Waals surface area (Å²) < 4.78 is 23.6. The van der Waals surface area contributed by atoms with E-state index in [4.69, 9.17) is 9.72 Å². The summed E-state index contributed by atoms with van der Waals surface area (Å²) in [6.45, 7) is 12.6. The van der Waals surface area contributed by atoms with E-state index in [0.717, 1.165) is 78.0 Å². The Kier molecular flexibility index (Phi) is 5.24. The van der Waals surface area contributed by atoms with Crippen molar-refractivity contribution in [3.63, 3.8) is 0 Å². The summed E-state index contributed by atoms with van der Waals surface area (Å²) in [6, 6.07) is 0.622. The number of aromatic amines is 1. The second-order valence-electron chi connectivity index (χ2n) is 12.0. The topological polar surface area (TPSA) is 71.3 Å². The Bertz CT molecular complexity index is 1500. The fourth-order valence-electron chi connectivity index (χ4n) is 7.08. The molecule has 0 unspecified atom stereocenters. The first kappa shape index (κ1) is 23.3. The fraction of sp³-hybridized carbons (Fsp3) is 0.552. The van der Waals surface area contributed by atoms with E-state index in [-0.39, 0.29) is 17.7 Å². The minimum Gasteiger partial charge on any atom is -0.380 e. The monoisotopic (exact) mass is 502 g/mol. The molecule has 1 saturated carbocycles. The first-order valence-corrected chi connectivity index (χ1v) is 13.7. The average molecular weight is 503 g/mol. The van der Waals surface area contributed by atoms with Crippen molar-refractivity contribution >= 4 is 16.6 Å². The molecule has 1 N–H and O–H groups in total. The normalized spacial score (nSPS) is 23.7. The van der Waals surface area contributed by atoms with E-state index < -0.39 is 0 Å². The van der Waals surface area contributed by atoms with Gasteiger partial charge in [0.1, 0.15) is 6.33 Å². The minimum absolute atomic E-state index is 0.141. The Labute approximate surface area is 216 Å². The number of rotatable bonds is 4. The standard InChI is InChI=1S/C29H35FN6O/c1-16(2)23-24-22(34-27(23)21-10-36-28(32-15-33-36)18(4)17(21)3)9-31-26(25(24)30)19-5-7-20(8-6-19)35-11-29(12-35)13-37-14-29/h9-10,15-16,19-20,34H,5-8,11-14H2,1-4H3. The van der Waals surface area contributed by atoms with E-state index >= 15 is 4.39 Å². The summed E-state index contributed by atoms with van der Waals surface area (Å²) in [5, 5.41) is 5.07. The SMILES string of the molecule is Cc1c(-c2[nH]c3cnc(C4CCC(N5CC6(COC6)C5)CC4)c(F)c3c2C(C)C)cn2ncnc2c1C. The van der Waals surface area contributed by atoms with Crippen LogP contribution in [0.15, 0.2) is 18.7 Å². The molecule has 0 bridgehead atoms. The van der Waals surface area contributed by atoms with Gasteiger partial charge >= 0.3 is 0 Å². The van der Waals surface area contributed by atoms with E-state index in [2.05, 4.69) is 47.7 Å². The van der Waals surface area contributed by atoms with Crippen molar-refractivity contribution in [1.82, 2.24) is 29.5 Å². The number of pyridine rings is 2. The zero-order valence-corrected chi connectivity index (χ0v) is 22.1. The molecule has 0 atom stereocenters. The molecule has 0 radical (unpaired) electrons. The number of nitrogens with zero attached hydrogens (tertiary/aromatic N) is 5. The lowest BCUT2D eigenvalue weighted by molar-refractivity contribution is -0.200. The summed E-state index contributed by atoms with van der Waals surface area (Å²) in [5.41, 5.74) is 7.91. The zero-order chi connectivity index (χ0) is 25.5. The molecule has 6 heterocycles. The Morgan fingerprint density at radius 3 is 2.51 bits per heavy atom. The van der Waals surface area contributed by atoms with Gasteiger partial charge in [-0.2, -0.15) is 5.10 Å². The van der Waals surface area contributed by atoms with Gasteiger partial charge in [0.15, 0.2) is 11.5 Å². The van der Waals surface area contributed by atoms with Crippen LogP contribution < -0.4 is 0 Å². The molecule has 7 rings (SSSR count). The van der Waals surface area contributed by atoms with Crippen LogP contribution in [0.25, 0.3) is 27.8 Å². The molecule has 2 saturated heterocycles. The van der Waals surface area contributed by atoms with E-state index in [1.807, 2.05) is 16.9 Å². The Morgan fingerprint density at radius 2 is 1.84 bits per heavy atom. The molecule has 7 nitrogen and oxygen atoms in total. The molecule has 2 aliphatic heterocycles. The van der Waals surface area contributed by atoms with Crippen molar-refractivity contribution in [3.05, 3.63) is 46.9 Å². The van der Waals surface area contributed by atoms with Crippen LogP contribution in [-0.2, 0) is 4.74 Å². The van der Waals surface area contributed by atoms with Crippen LogP contribution in [-0.4, -0.2) is 61.8 Å². The van der Waals surface area contributed by atoms with Gasteiger partial charge in [-0.3, -0.25) is 9.88 Å². The predicted molar refractivity (Wildman–Crippen MR) is 141 cm³/mol. The number of halogens is 1. The largest absolute Gasteiger partial charge is 0.380 e. The second-order valence-corrected chi connectivity index (χ2v) is 12.0. The summed E-state index contributed by atoms with van der Waals surface area (Å²) in [4.78, 5) is 15.3. The molecule has 4 aromatic rings. The molecule has 4 aromatic heterocycles. The highest BCUT2D eigenvalue weighted by molar-refractivity contribution is 5.92. The zero-order valence-electron chi connectivity index (χ0n) is 22.1. The van der Waals surface area contributed by atoms with Crippen molar-refractivity contribution in [3.8, 4) is 11.3 Å². The minimum atomic E-state index is -0.141.